The number of rotatable bonds is 3. The molecular formula is C15H26N4. The van der Waals surface area contributed by atoms with Crippen LogP contribution in [-0.4, -0.2) is 34.0 Å². The summed E-state index contributed by atoms with van der Waals surface area (Å²) in [6.07, 6.45) is 5.60. The Labute approximate surface area is 116 Å². The van der Waals surface area contributed by atoms with Gasteiger partial charge in [-0.2, -0.15) is 0 Å². The maximum absolute atomic E-state index is 6.03. The molecule has 1 saturated heterocycles. The summed E-state index contributed by atoms with van der Waals surface area (Å²) >= 11 is 0. The summed E-state index contributed by atoms with van der Waals surface area (Å²) in [5.41, 5.74) is 7.17. The Balaban J connectivity index is 2.37. The van der Waals surface area contributed by atoms with E-state index in [0.29, 0.717) is 18.0 Å². The van der Waals surface area contributed by atoms with E-state index >= 15 is 0 Å². The summed E-state index contributed by atoms with van der Waals surface area (Å²) < 4.78 is 0. The number of nitrogens with two attached hydrogens (primary N) is 1. The van der Waals surface area contributed by atoms with Crippen LogP contribution < -0.4 is 5.73 Å². The smallest absolute Gasteiger partial charge is 0.125 e. The molecule has 2 rings (SSSR count). The first-order chi connectivity index (χ1) is 9.13. The van der Waals surface area contributed by atoms with Crippen molar-refractivity contribution in [1.29, 1.82) is 0 Å². The first-order valence-electron chi connectivity index (χ1n) is 7.39. The van der Waals surface area contributed by atoms with Crippen LogP contribution in [0.25, 0.3) is 0 Å². The normalized spacial score (nSPS) is 25.5. The molecule has 2 unspecified atom stereocenters. The van der Waals surface area contributed by atoms with Gasteiger partial charge in [-0.3, -0.25) is 4.90 Å². The molecule has 1 aliphatic heterocycles. The van der Waals surface area contributed by atoms with Crippen molar-refractivity contribution in [3.05, 3.63) is 23.8 Å². The van der Waals surface area contributed by atoms with E-state index in [1.807, 2.05) is 13.1 Å². The van der Waals surface area contributed by atoms with Crippen LogP contribution in [0.3, 0.4) is 0 Å². The highest BCUT2D eigenvalue weighted by Crippen LogP contribution is 2.34. The van der Waals surface area contributed by atoms with Gasteiger partial charge >= 0.3 is 0 Å². The van der Waals surface area contributed by atoms with Crippen molar-refractivity contribution in [2.75, 3.05) is 13.1 Å². The number of aryl methyl sites for hydroxylation is 1. The van der Waals surface area contributed by atoms with E-state index in [0.717, 1.165) is 24.6 Å². The number of hydrogen-bond donors (Lipinski definition) is 1. The molecule has 0 saturated carbocycles. The predicted octanol–water partition coefficient (Wildman–Crippen LogP) is 2.30. The first kappa shape index (κ1) is 14.4. The average Bonchev–Trinajstić information content (AvgIpc) is 2.60. The van der Waals surface area contributed by atoms with Crippen LogP contribution in [0.15, 0.2) is 12.3 Å². The van der Waals surface area contributed by atoms with Gasteiger partial charge in [0.25, 0.3) is 0 Å². The fourth-order valence-corrected chi connectivity index (χ4v) is 3.15. The van der Waals surface area contributed by atoms with Gasteiger partial charge in [0.2, 0.25) is 0 Å². The van der Waals surface area contributed by atoms with Crippen molar-refractivity contribution in [2.45, 2.75) is 52.1 Å². The minimum atomic E-state index is 0.342. The predicted molar refractivity (Wildman–Crippen MR) is 77.7 cm³/mol. The molecule has 19 heavy (non-hydrogen) atoms. The summed E-state index contributed by atoms with van der Waals surface area (Å²) in [5, 5.41) is 0. The molecule has 2 heterocycles. The Morgan fingerprint density at radius 1 is 1.42 bits per heavy atom. The lowest BCUT2D eigenvalue weighted by Crippen LogP contribution is -2.40. The van der Waals surface area contributed by atoms with Gasteiger partial charge in [0.1, 0.15) is 5.82 Å². The molecular weight excluding hydrogens is 236 g/mol. The highest BCUT2D eigenvalue weighted by Gasteiger charge is 2.32. The molecule has 1 aliphatic rings. The van der Waals surface area contributed by atoms with E-state index < -0.39 is 0 Å². The third-order valence-electron chi connectivity index (χ3n) is 4.11. The molecule has 2 N–H and O–H groups in total. The van der Waals surface area contributed by atoms with Gasteiger partial charge in [-0.25, -0.2) is 9.97 Å². The molecule has 0 bridgehead atoms. The molecule has 0 amide bonds. The molecule has 0 aliphatic carbocycles. The van der Waals surface area contributed by atoms with E-state index in [2.05, 4.69) is 34.8 Å². The van der Waals surface area contributed by atoms with Crippen LogP contribution in [0.5, 0.6) is 0 Å². The summed E-state index contributed by atoms with van der Waals surface area (Å²) in [6, 6.07) is 2.92. The third-order valence-corrected chi connectivity index (χ3v) is 4.11. The van der Waals surface area contributed by atoms with Gasteiger partial charge in [-0.15, -0.1) is 0 Å². The van der Waals surface area contributed by atoms with Gasteiger partial charge in [0.15, 0.2) is 0 Å². The highest BCUT2D eigenvalue weighted by molar-refractivity contribution is 5.10. The molecule has 106 valence electrons. The van der Waals surface area contributed by atoms with E-state index in [1.54, 1.807) is 0 Å². The van der Waals surface area contributed by atoms with Crippen molar-refractivity contribution in [1.82, 2.24) is 14.9 Å². The van der Waals surface area contributed by atoms with Crippen molar-refractivity contribution in [2.24, 2.45) is 11.7 Å². The minimum absolute atomic E-state index is 0.342. The SMILES string of the molecule is Cc1nccc(C2C(CN)CCCCN2C(C)C)n1. The Morgan fingerprint density at radius 3 is 2.84 bits per heavy atom. The van der Waals surface area contributed by atoms with E-state index in [9.17, 15) is 0 Å². The highest BCUT2D eigenvalue weighted by atomic mass is 15.2. The average molecular weight is 262 g/mol. The molecule has 0 spiro atoms. The zero-order valence-electron chi connectivity index (χ0n) is 12.3. The molecule has 1 aromatic heterocycles. The quantitative estimate of drug-likeness (QED) is 0.908. The monoisotopic (exact) mass is 262 g/mol. The zero-order chi connectivity index (χ0) is 13.8. The molecule has 2 atom stereocenters. The summed E-state index contributed by atoms with van der Waals surface area (Å²) in [5.74, 6) is 1.35. The minimum Gasteiger partial charge on any atom is -0.330 e. The van der Waals surface area contributed by atoms with Gasteiger partial charge < -0.3 is 5.73 Å². The second-order valence-corrected chi connectivity index (χ2v) is 5.80. The van der Waals surface area contributed by atoms with E-state index in [4.69, 9.17) is 5.73 Å². The summed E-state index contributed by atoms with van der Waals surface area (Å²) in [4.78, 5) is 11.4. The van der Waals surface area contributed by atoms with Crippen LogP contribution in [-0.2, 0) is 0 Å². The van der Waals surface area contributed by atoms with Gasteiger partial charge in [-0.1, -0.05) is 6.42 Å². The Morgan fingerprint density at radius 2 is 2.21 bits per heavy atom. The standard InChI is InChI=1S/C15H26N4/c1-11(2)19-9-5-4-6-13(10-16)15(19)14-7-8-17-12(3)18-14/h7-8,11,13,15H,4-6,9-10,16H2,1-3H3. The Bertz CT molecular complexity index is 405. The number of aromatic nitrogens is 2. The largest absolute Gasteiger partial charge is 0.330 e. The van der Waals surface area contributed by atoms with E-state index in [1.165, 1.54) is 19.3 Å². The van der Waals surface area contributed by atoms with Gasteiger partial charge in [0, 0.05) is 12.2 Å². The van der Waals surface area contributed by atoms with Crippen molar-refractivity contribution < 1.29 is 0 Å². The van der Waals surface area contributed by atoms with E-state index in [-0.39, 0.29) is 0 Å². The number of nitrogens with zero attached hydrogens (tertiary/aromatic N) is 3. The lowest BCUT2D eigenvalue weighted by Gasteiger charge is -2.37. The molecule has 4 nitrogen and oxygen atoms in total. The van der Waals surface area contributed by atoms with Crippen molar-refractivity contribution in [3.8, 4) is 0 Å². The summed E-state index contributed by atoms with van der Waals surface area (Å²) in [7, 11) is 0. The second-order valence-electron chi connectivity index (χ2n) is 5.80. The van der Waals surface area contributed by atoms with Crippen LogP contribution in [0.4, 0.5) is 0 Å². The fraction of sp³-hybridized carbons (Fsp3) is 0.733. The number of likely N-dealkylation sites (tertiary alicyclic amines) is 1. The van der Waals surface area contributed by atoms with Crippen molar-refractivity contribution in [3.63, 3.8) is 0 Å². The van der Waals surface area contributed by atoms with Crippen LogP contribution >= 0.6 is 0 Å². The molecule has 4 heteroatoms. The third kappa shape index (κ3) is 3.31. The lowest BCUT2D eigenvalue weighted by atomic mass is 9.91. The second kappa shape index (κ2) is 6.44. The zero-order valence-corrected chi connectivity index (χ0v) is 12.3. The molecule has 1 aromatic rings. The van der Waals surface area contributed by atoms with Gasteiger partial charge in [-0.05, 0) is 58.7 Å². The fourth-order valence-electron chi connectivity index (χ4n) is 3.15. The van der Waals surface area contributed by atoms with Crippen molar-refractivity contribution >= 4 is 0 Å². The summed E-state index contributed by atoms with van der Waals surface area (Å²) in [6.45, 7) is 8.36. The topological polar surface area (TPSA) is 55.0 Å². The van der Waals surface area contributed by atoms with Crippen LogP contribution in [0.1, 0.15) is 50.7 Å². The lowest BCUT2D eigenvalue weighted by molar-refractivity contribution is 0.118. The maximum atomic E-state index is 6.03. The van der Waals surface area contributed by atoms with Crippen LogP contribution in [0, 0.1) is 12.8 Å². The van der Waals surface area contributed by atoms with Gasteiger partial charge in [0.05, 0.1) is 11.7 Å². The maximum Gasteiger partial charge on any atom is 0.125 e. The number of hydrogen-bond acceptors (Lipinski definition) is 4. The molecule has 1 fully saturated rings. The van der Waals surface area contributed by atoms with Crippen LogP contribution in [0.2, 0.25) is 0 Å². The molecule has 0 aromatic carbocycles. The molecule has 0 radical (unpaired) electrons. The Hall–Kier alpha value is -1.00. The Kier molecular flexibility index (Phi) is 4.88. The first-order valence-corrected chi connectivity index (χ1v) is 7.39.